The molecule has 0 unspecified atom stereocenters. The van der Waals surface area contributed by atoms with Crippen molar-refractivity contribution in [3.05, 3.63) is 59.2 Å². The van der Waals surface area contributed by atoms with E-state index in [2.05, 4.69) is 5.32 Å². The van der Waals surface area contributed by atoms with Gasteiger partial charge >= 0.3 is 0 Å². The summed E-state index contributed by atoms with van der Waals surface area (Å²) in [5.74, 6) is 0.583. The summed E-state index contributed by atoms with van der Waals surface area (Å²) in [4.78, 5) is 12.5. The van der Waals surface area contributed by atoms with E-state index in [9.17, 15) is 4.79 Å². The number of methoxy groups -OCH3 is 1. The van der Waals surface area contributed by atoms with Gasteiger partial charge in [0.1, 0.15) is 11.4 Å². The van der Waals surface area contributed by atoms with E-state index in [0.717, 1.165) is 16.7 Å². The SMILES string of the molecule is COc1ccc2c(c1)cc(C(=O)Nc1cccc(Cl)c1)n2C. The number of carbonyl (C=O) groups is 1. The lowest BCUT2D eigenvalue weighted by Gasteiger charge is -2.07. The molecular formula is C17H15ClN2O2. The lowest BCUT2D eigenvalue weighted by Crippen LogP contribution is -2.15. The molecule has 2 aromatic carbocycles. The first-order chi connectivity index (χ1) is 10.6. The van der Waals surface area contributed by atoms with E-state index in [1.165, 1.54) is 0 Å². The molecule has 3 aromatic rings. The van der Waals surface area contributed by atoms with Crippen LogP contribution in [0.15, 0.2) is 48.5 Å². The lowest BCUT2D eigenvalue weighted by atomic mass is 10.2. The van der Waals surface area contributed by atoms with E-state index in [1.807, 2.05) is 35.9 Å². The van der Waals surface area contributed by atoms with Crippen LogP contribution in [0.2, 0.25) is 5.02 Å². The molecule has 5 heteroatoms. The molecule has 0 bridgehead atoms. The zero-order valence-electron chi connectivity index (χ0n) is 12.3. The minimum Gasteiger partial charge on any atom is -0.497 e. The summed E-state index contributed by atoms with van der Waals surface area (Å²) in [6, 6.07) is 14.6. The molecule has 0 atom stereocenters. The van der Waals surface area contributed by atoms with Gasteiger partial charge < -0.3 is 14.6 Å². The van der Waals surface area contributed by atoms with Crippen LogP contribution in [-0.4, -0.2) is 17.6 Å². The van der Waals surface area contributed by atoms with Crippen LogP contribution in [0.5, 0.6) is 5.75 Å². The number of ether oxygens (including phenoxy) is 1. The van der Waals surface area contributed by atoms with Crippen molar-refractivity contribution < 1.29 is 9.53 Å². The molecule has 1 amide bonds. The molecule has 112 valence electrons. The van der Waals surface area contributed by atoms with Crippen molar-refractivity contribution in [1.29, 1.82) is 0 Å². The summed E-state index contributed by atoms with van der Waals surface area (Å²) in [6.07, 6.45) is 0. The van der Waals surface area contributed by atoms with E-state index in [0.29, 0.717) is 16.4 Å². The van der Waals surface area contributed by atoms with Crippen LogP contribution in [0, 0.1) is 0 Å². The Morgan fingerprint density at radius 3 is 2.73 bits per heavy atom. The van der Waals surface area contributed by atoms with Crippen molar-refractivity contribution in [3.8, 4) is 5.75 Å². The summed E-state index contributed by atoms with van der Waals surface area (Å²) >= 11 is 5.93. The average molecular weight is 315 g/mol. The fourth-order valence-electron chi connectivity index (χ4n) is 2.43. The maximum atomic E-state index is 12.5. The Hall–Kier alpha value is -2.46. The Labute approximate surface area is 133 Å². The average Bonchev–Trinajstić information content (AvgIpc) is 2.84. The molecule has 0 fully saturated rings. The Balaban J connectivity index is 1.95. The molecule has 0 aliphatic rings. The van der Waals surface area contributed by atoms with E-state index in [1.54, 1.807) is 31.4 Å². The van der Waals surface area contributed by atoms with Crippen molar-refractivity contribution in [1.82, 2.24) is 4.57 Å². The third kappa shape index (κ3) is 2.65. The number of carbonyl (C=O) groups excluding carboxylic acids is 1. The number of nitrogens with zero attached hydrogens (tertiary/aromatic N) is 1. The molecular weight excluding hydrogens is 300 g/mol. The minimum absolute atomic E-state index is 0.181. The molecule has 1 heterocycles. The summed E-state index contributed by atoms with van der Waals surface area (Å²) in [5.41, 5.74) is 2.21. The van der Waals surface area contributed by atoms with Gasteiger partial charge in [0.25, 0.3) is 5.91 Å². The van der Waals surface area contributed by atoms with Crippen LogP contribution in [0.1, 0.15) is 10.5 Å². The number of fused-ring (bicyclic) bond motifs is 1. The highest BCUT2D eigenvalue weighted by molar-refractivity contribution is 6.31. The van der Waals surface area contributed by atoms with E-state index >= 15 is 0 Å². The number of benzene rings is 2. The second-order valence-electron chi connectivity index (χ2n) is 4.98. The topological polar surface area (TPSA) is 43.3 Å². The van der Waals surface area contributed by atoms with Crippen molar-refractivity contribution in [2.24, 2.45) is 7.05 Å². The van der Waals surface area contributed by atoms with E-state index in [4.69, 9.17) is 16.3 Å². The number of aromatic nitrogens is 1. The number of aryl methyl sites for hydroxylation is 1. The normalized spacial score (nSPS) is 10.7. The quantitative estimate of drug-likeness (QED) is 0.791. The van der Waals surface area contributed by atoms with Crippen LogP contribution >= 0.6 is 11.6 Å². The summed E-state index contributed by atoms with van der Waals surface area (Å²) in [6.45, 7) is 0. The fourth-order valence-corrected chi connectivity index (χ4v) is 2.62. The van der Waals surface area contributed by atoms with Gasteiger partial charge in [-0.3, -0.25) is 4.79 Å². The van der Waals surface area contributed by atoms with Gasteiger partial charge in [-0.15, -0.1) is 0 Å². The Morgan fingerprint density at radius 1 is 1.18 bits per heavy atom. The van der Waals surface area contributed by atoms with Gasteiger partial charge in [0.15, 0.2) is 0 Å². The number of hydrogen-bond donors (Lipinski definition) is 1. The zero-order chi connectivity index (χ0) is 15.7. The fraction of sp³-hybridized carbons (Fsp3) is 0.118. The number of rotatable bonds is 3. The molecule has 0 radical (unpaired) electrons. The maximum absolute atomic E-state index is 12.5. The minimum atomic E-state index is -0.181. The molecule has 0 aliphatic carbocycles. The molecule has 22 heavy (non-hydrogen) atoms. The Bertz CT molecular complexity index is 855. The molecule has 1 aromatic heterocycles. The van der Waals surface area contributed by atoms with Crippen molar-refractivity contribution >= 4 is 34.1 Å². The molecule has 0 spiro atoms. The monoisotopic (exact) mass is 314 g/mol. The zero-order valence-corrected chi connectivity index (χ0v) is 13.0. The molecule has 3 rings (SSSR count). The van der Waals surface area contributed by atoms with Crippen LogP contribution in [0.4, 0.5) is 5.69 Å². The highest BCUT2D eigenvalue weighted by Crippen LogP contribution is 2.24. The summed E-state index contributed by atoms with van der Waals surface area (Å²) in [5, 5.41) is 4.39. The predicted octanol–water partition coefficient (Wildman–Crippen LogP) is 4.09. The number of halogens is 1. The third-order valence-electron chi connectivity index (χ3n) is 3.56. The highest BCUT2D eigenvalue weighted by Gasteiger charge is 2.14. The van der Waals surface area contributed by atoms with E-state index in [-0.39, 0.29) is 5.91 Å². The first-order valence-corrected chi connectivity index (χ1v) is 7.16. The van der Waals surface area contributed by atoms with Crippen LogP contribution in [0.25, 0.3) is 10.9 Å². The van der Waals surface area contributed by atoms with Crippen LogP contribution in [-0.2, 0) is 7.05 Å². The van der Waals surface area contributed by atoms with Gasteiger partial charge in [0, 0.05) is 28.7 Å². The van der Waals surface area contributed by atoms with Crippen LogP contribution in [0.3, 0.4) is 0 Å². The standard InChI is InChI=1S/C17H15ClN2O2/c1-20-15-7-6-14(22-2)8-11(15)9-16(20)17(21)19-13-5-3-4-12(18)10-13/h3-10H,1-2H3,(H,19,21). The third-order valence-corrected chi connectivity index (χ3v) is 3.80. The second kappa shape index (κ2) is 5.73. The summed E-state index contributed by atoms with van der Waals surface area (Å²) in [7, 11) is 3.48. The van der Waals surface area contributed by atoms with Gasteiger partial charge in [-0.1, -0.05) is 17.7 Å². The van der Waals surface area contributed by atoms with Gasteiger partial charge in [-0.25, -0.2) is 0 Å². The second-order valence-corrected chi connectivity index (χ2v) is 5.41. The van der Waals surface area contributed by atoms with Crippen LogP contribution < -0.4 is 10.1 Å². The largest absolute Gasteiger partial charge is 0.497 e. The molecule has 4 nitrogen and oxygen atoms in total. The van der Waals surface area contributed by atoms with Crippen molar-refractivity contribution in [3.63, 3.8) is 0 Å². The summed E-state index contributed by atoms with van der Waals surface area (Å²) < 4.78 is 7.07. The lowest BCUT2D eigenvalue weighted by molar-refractivity contribution is 0.102. The van der Waals surface area contributed by atoms with E-state index < -0.39 is 0 Å². The first kappa shape index (κ1) is 14.5. The smallest absolute Gasteiger partial charge is 0.272 e. The van der Waals surface area contributed by atoms with Gasteiger partial charge in [0.05, 0.1) is 7.11 Å². The number of anilines is 1. The predicted molar refractivity (Wildman–Crippen MR) is 88.9 cm³/mol. The molecule has 0 saturated heterocycles. The molecule has 0 aliphatic heterocycles. The molecule has 1 N–H and O–H groups in total. The number of nitrogens with one attached hydrogen (secondary N) is 1. The van der Waals surface area contributed by atoms with Gasteiger partial charge in [-0.05, 0) is 42.5 Å². The van der Waals surface area contributed by atoms with Crippen molar-refractivity contribution in [2.75, 3.05) is 12.4 Å². The van der Waals surface area contributed by atoms with Gasteiger partial charge in [-0.2, -0.15) is 0 Å². The highest BCUT2D eigenvalue weighted by atomic mass is 35.5. The number of amides is 1. The van der Waals surface area contributed by atoms with Crippen molar-refractivity contribution in [2.45, 2.75) is 0 Å². The Kier molecular flexibility index (Phi) is 3.77. The Morgan fingerprint density at radius 2 is 2.00 bits per heavy atom. The number of hydrogen-bond acceptors (Lipinski definition) is 2. The maximum Gasteiger partial charge on any atom is 0.272 e. The molecule has 0 saturated carbocycles. The van der Waals surface area contributed by atoms with Gasteiger partial charge in [0.2, 0.25) is 0 Å². The first-order valence-electron chi connectivity index (χ1n) is 6.79.